The molecule has 0 radical (unpaired) electrons. The van der Waals surface area contributed by atoms with Gasteiger partial charge in [0.2, 0.25) is 0 Å². The predicted molar refractivity (Wildman–Crippen MR) is 110 cm³/mol. The monoisotopic (exact) mass is 422 g/mol. The number of amides is 2. The molecule has 4 aliphatic carbocycles. The number of allylic oxidation sites excluding steroid dienone is 2. The summed E-state index contributed by atoms with van der Waals surface area (Å²) in [6.45, 7) is 2.24. The molecule has 6 unspecified atom stereocenters. The Kier molecular flexibility index (Phi) is 4.05. The van der Waals surface area contributed by atoms with E-state index in [0.29, 0.717) is 49.4 Å². The van der Waals surface area contributed by atoms with Crippen molar-refractivity contribution in [1.29, 1.82) is 0 Å². The van der Waals surface area contributed by atoms with Gasteiger partial charge >= 0.3 is 0 Å². The first kappa shape index (κ1) is 18.7. The summed E-state index contributed by atoms with van der Waals surface area (Å²) in [6, 6.07) is 4.85. The fraction of sp³-hybridized carbons (Fsp3) is 0.500. The van der Waals surface area contributed by atoms with Crippen molar-refractivity contribution in [2.45, 2.75) is 6.42 Å². The highest BCUT2D eigenvalue weighted by molar-refractivity contribution is 6.06. The van der Waals surface area contributed by atoms with Gasteiger partial charge in [-0.15, -0.1) is 0 Å². The molecule has 9 heteroatoms. The Morgan fingerprint density at radius 2 is 1.71 bits per heavy atom. The van der Waals surface area contributed by atoms with Crippen molar-refractivity contribution >= 4 is 29.4 Å². The number of rotatable bonds is 4. The summed E-state index contributed by atoms with van der Waals surface area (Å²) in [5.74, 6) is 0.268. The normalized spacial score (nSPS) is 35.6. The number of nitro groups is 1. The average Bonchev–Trinajstić information content (AvgIpc) is 3.57. The van der Waals surface area contributed by atoms with Crippen molar-refractivity contribution < 1.29 is 19.2 Å². The van der Waals surface area contributed by atoms with Crippen LogP contribution in [0.4, 0.5) is 11.4 Å². The Labute approximate surface area is 178 Å². The van der Waals surface area contributed by atoms with Crippen LogP contribution in [-0.2, 0) is 14.3 Å². The fourth-order valence-electron chi connectivity index (χ4n) is 6.02. The molecule has 2 heterocycles. The van der Waals surface area contributed by atoms with Crippen molar-refractivity contribution in [1.82, 2.24) is 5.01 Å². The molecule has 31 heavy (non-hydrogen) atoms. The Balaban J connectivity index is 1.26. The first-order valence-electron chi connectivity index (χ1n) is 10.8. The Morgan fingerprint density at radius 3 is 2.32 bits per heavy atom. The minimum Gasteiger partial charge on any atom is -0.378 e. The van der Waals surface area contributed by atoms with Gasteiger partial charge in [0, 0.05) is 24.7 Å². The molecule has 2 aliphatic heterocycles. The largest absolute Gasteiger partial charge is 0.378 e. The Bertz CT molecular complexity index is 1010. The number of benzene rings is 1. The maximum Gasteiger partial charge on any atom is 0.293 e. The molecule has 7 rings (SSSR count). The van der Waals surface area contributed by atoms with E-state index in [1.54, 1.807) is 12.1 Å². The van der Waals surface area contributed by atoms with Gasteiger partial charge < -0.3 is 9.64 Å². The summed E-state index contributed by atoms with van der Waals surface area (Å²) < 4.78 is 5.32. The summed E-state index contributed by atoms with van der Waals surface area (Å²) in [7, 11) is 0. The Morgan fingerprint density at radius 1 is 1.06 bits per heavy atom. The number of carbonyl (C=O) groups is 2. The number of imide groups is 1. The van der Waals surface area contributed by atoms with E-state index in [0.717, 1.165) is 11.4 Å². The smallest absolute Gasteiger partial charge is 0.293 e. The molecule has 2 amide bonds. The summed E-state index contributed by atoms with van der Waals surface area (Å²) in [6.07, 6.45) is 6.72. The molecule has 6 aliphatic rings. The zero-order valence-electron chi connectivity index (χ0n) is 16.8. The van der Waals surface area contributed by atoms with E-state index in [-0.39, 0.29) is 41.2 Å². The summed E-state index contributed by atoms with van der Waals surface area (Å²) in [4.78, 5) is 39.1. The standard InChI is InChI=1S/C22H22N4O5/c27-21-19-13-2-3-14(16-10-15(13)16)20(19)22(28)25(21)23-11-12-1-4-17(18(9-12)26(29)30)24-5-7-31-8-6-24/h1-4,9,11,13-16,19-20H,5-8,10H2. The maximum absolute atomic E-state index is 13.0. The number of ether oxygens (including phenoxy) is 1. The maximum atomic E-state index is 13.0. The fourth-order valence-corrected chi connectivity index (χ4v) is 6.02. The molecule has 1 aromatic carbocycles. The number of morpholine rings is 1. The highest BCUT2D eigenvalue weighted by Crippen LogP contribution is 2.65. The van der Waals surface area contributed by atoms with E-state index in [4.69, 9.17) is 4.74 Å². The molecule has 2 bridgehead atoms. The van der Waals surface area contributed by atoms with Crippen LogP contribution in [0.25, 0.3) is 0 Å². The van der Waals surface area contributed by atoms with E-state index in [2.05, 4.69) is 17.3 Å². The summed E-state index contributed by atoms with van der Waals surface area (Å²) in [5.41, 5.74) is 0.982. The molecule has 1 aromatic rings. The Hall–Kier alpha value is -3.07. The van der Waals surface area contributed by atoms with Crippen LogP contribution in [-0.4, -0.2) is 54.3 Å². The second-order valence-electron chi connectivity index (χ2n) is 8.99. The van der Waals surface area contributed by atoms with Crippen molar-refractivity contribution in [3.05, 3.63) is 46.0 Å². The quantitative estimate of drug-likeness (QED) is 0.241. The van der Waals surface area contributed by atoms with Crippen molar-refractivity contribution in [3.63, 3.8) is 0 Å². The average molecular weight is 422 g/mol. The summed E-state index contributed by atoms with van der Waals surface area (Å²) in [5, 5.41) is 16.8. The van der Waals surface area contributed by atoms with Gasteiger partial charge in [0.25, 0.3) is 17.5 Å². The number of nitro benzene ring substituents is 1. The van der Waals surface area contributed by atoms with Gasteiger partial charge in [-0.05, 0) is 36.2 Å². The highest BCUT2D eigenvalue weighted by Gasteiger charge is 2.67. The number of nitrogens with zero attached hydrogens (tertiary/aromatic N) is 4. The second-order valence-corrected chi connectivity index (χ2v) is 8.99. The van der Waals surface area contributed by atoms with E-state index < -0.39 is 4.92 Å². The van der Waals surface area contributed by atoms with Crippen LogP contribution in [0.1, 0.15) is 12.0 Å². The van der Waals surface area contributed by atoms with E-state index in [1.165, 1.54) is 12.3 Å². The van der Waals surface area contributed by atoms with Crippen molar-refractivity contribution in [2.24, 2.45) is 40.6 Å². The van der Waals surface area contributed by atoms with Gasteiger partial charge in [0.1, 0.15) is 5.69 Å². The van der Waals surface area contributed by atoms with E-state index in [1.807, 2.05) is 4.90 Å². The van der Waals surface area contributed by atoms with Gasteiger partial charge in [-0.1, -0.05) is 18.2 Å². The van der Waals surface area contributed by atoms with Crippen molar-refractivity contribution in [3.8, 4) is 0 Å². The number of hydrogen-bond acceptors (Lipinski definition) is 7. The minimum absolute atomic E-state index is 0.0269. The lowest BCUT2D eigenvalue weighted by molar-refractivity contribution is -0.384. The first-order valence-corrected chi connectivity index (χ1v) is 10.8. The topological polar surface area (TPSA) is 105 Å². The molecule has 4 fully saturated rings. The second kappa shape index (κ2) is 6.71. The summed E-state index contributed by atoms with van der Waals surface area (Å²) >= 11 is 0. The van der Waals surface area contributed by atoms with Crippen LogP contribution < -0.4 is 4.90 Å². The number of hydrazone groups is 1. The van der Waals surface area contributed by atoms with Crippen LogP contribution in [0.15, 0.2) is 35.5 Å². The zero-order valence-corrected chi connectivity index (χ0v) is 16.8. The van der Waals surface area contributed by atoms with Crippen LogP contribution >= 0.6 is 0 Å². The first-order chi connectivity index (χ1) is 15.0. The lowest BCUT2D eigenvalue weighted by Gasteiger charge is -2.37. The van der Waals surface area contributed by atoms with Crippen LogP contribution in [0.5, 0.6) is 0 Å². The van der Waals surface area contributed by atoms with Gasteiger partial charge in [-0.2, -0.15) is 10.1 Å². The number of anilines is 1. The molecule has 6 atom stereocenters. The molecule has 0 aromatic heterocycles. The van der Waals surface area contributed by atoms with Crippen molar-refractivity contribution in [2.75, 3.05) is 31.2 Å². The van der Waals surface area contributed by atoms with E-state index in [9.17, 15) is 19.7 Å². The third-order valence-electron chi connectivity index (χ3n) is 7.51. The van der Waals surface area contributed by atoms with Gasteiger partial charge in [-0.3, -0.25) is 19.7 Å². The van der Waals surface area contributed by atoms with Gasteiger partial charge in [0.15, 0.2) is 0 Å². The third-order valence-corrected chi connectivity index (χ3v) is 7.51. The van der Waals surface area contributed by atoms with Crippen LogP contribution in [0.2, 0.25) is 0 Å². The molecule has 0 spiro atoms. The molecule has 160 valence electrons. The predicted octanol–water partition coefficient (Wildman–Crippen LogP) is 1.82. The third kappa shape index (κ3) is 2.76. The van der Waals surface area contributed by atoms with E-state index >= 15 is 0 Å². The molecular weight excluding hydrogens is 400 g/mol. The SMILES string of the molecule is O=C1C2C3C=CC(C4CC34)C2C(=O)N1N=Cc1ccc(N2CCOCC2)c([N+](=O)[O-])c1. The molecule has 9 nitrogen and oxygen atoms in total. The lowest BCUT2D eigenvalue weighted by Crippen LogP contribution is -2.40. The molecule has 2 saturated heterocycles. The van der Waals surface area contributed by atoms with Crippen LogP contribution in [0, 0.1) is 45.6 Å². The van der Waals surface area contributed by atoms with Gasteiger partial charge in [0.05, 0.1) is 36.2 Å². The molecule has 0 N–H and O–H groups in total. The molecule has 2 saturated carbocycles. The minimum atomic E-state index is -0.418. The zero-order chi connectivity index (χ0) is 21.3. The molecular formula is C22H22N4O5. The number of carbonyl (C=O) groups excluding carboxylic acids is 2. The van der Waals surface area contributed by atoms with Gasteiger partial charge in [-0.25, -0.2) is 0 Å². The van der Waals surface area contributed by atoms with Crippen LogP contribution in [0.3, 0.4) is 0 Å². The number of hydrogen-bond donors (Lipinski definition) is 0. The lowest BCUT2D eigenvalue weighted by atomic mass is 9.63. The highest BCUT2D eigenvalue weighted by atomic mass is 16.6.